The molecule has 0 spiro atoms. The van der Waals surface area contributed by atoms with Crippen molar-refractivity contribution in [1.29, 1.82) is 0 Å². The first-order chi connectivity index (χ1) is 7.84. The van der Waals surface area contributed by atoms with E-state index >= 15 is 0 Å². The van der Waals surface area contributed by atoms with Gasteiger partial charge in [-0.1, -0.05) is 30.7 Å². The summed E-state index contributed by atoms with van der Waals surface area (Å²) in [5.41, 5.74) is 2.73. The maximum absolute atomic E-state index is 11.9. The van der Waals surface area contributed by atoms with Crippen LogP contribution in [-0.2, 0) is 11.2 Å². The van der Waals surface area contributed by atoms with Gasteiger partial charge in [-0.25, -0.2) is 0 Å². The Bertz CT molecular complexity index is 409. The smallest absolute Gasteiger partial charge is 0.223 e. The second-order valence-corrected chi connectivity index (χ2v) is 4.93. The lowest BCUT2D eigenvalue weighted by Gasteiger charge is -2.26. The van der Waals surface area contributed by atoms with Crippen molar-refractivity contribution in [3.63, 3.8) is 0 Å². The molecule has 1 amide bonds. The van der Waals surface area contributed by atoms with Gasteiger partial charge in [-0.15, -0.1) is 0 Å². The van der Waals surface area contributed by atoms with E-state index in [-0.39, 0.29) is 11.9 Å². The van der Waals surface area contributed by atoms with Crippen LogP contribution in [0.2, 0.25) is 0 Å². The first-order valence-corrected chi connectivity index (χ1v) is 6.23. The van der Waals surface area contributed by atoms with Gasteiger partial charge >= 0.3 is 0 Å². The second kappa shape index (κ2) is 3.93. The van der Waals surface area contributed by atoms with E-state index in [0.29, 0.717) is 5.92 Å². The normalized spacial score (nSPS) is 23.6. The van der Waals surface area contributed by atoms with E-state index < -0.39 is 0 Å². The molecule has 1 aromatic carbocycles. The summed E-state index contributed by atoms with van der Waals surface area (Å²) in [6.45, 7) is 0. The average molecular weight is 215 g/mol. The first kappa shape index (κ1) is 9.88. The number of nitrogens with one attached hydrogen (secondary N) is 1. The summed E-state index contributed by atoms with van der Waals surface area (Å²) in [6.07, 6.45) is 5.56. The number of carbonyl (C=O) groups excluding carboxylic acids is 1. The van der Waals surface area contributed by atoms with Crippen molar-refractivity contribution in [2.24, 2.45) is 5.92 Å². The number of fused-ring (bicyclic) bond motifs is 1. The van der Waals surface area contributed by atoms with Crippen LogP contribution < -0.4 is 5.32 Å². The molecule has 0 heterocycles. The molecule has 2 aliphatic carbocycles. The zero-order valence-electron chi connectivity index (χ0n) is 9.41. The summed E-state index contributed by atoms with van der Waals surface area (Å²) >= 11 is 0. The van der Waals surface area contributed by atoms with E-state index in [1.165, 1.54) is 17.5 Å². The van der Waals surface area contributed by atoms with Crippen molar-refractivity contribution < 1.29 is 4.79 Å². The third-order valence-corrected chi connectivity index (χ3v) is 3.93. The quantitative estimate of drug-likeness (QED) is 0.807. The summed E-state index contributed by atoms with van der Waals surface area (Å²) in [4.78, 5) is 11.9. The van der Waals surface area contributed by atoms with Crippen LogP contribution in [0.5, 0.6) is 0 Å². The molecule has 1 saturated carbocycles. The Morgan fingerprint density at radius 3 is 2.75 bits per heavy atom. The molecule has 0 radical (unpaired) electrons. The van der Waals surface area contributed by atoms with Crippen LogP contribution in [0.3, 0.4) is 0 Å². The summed E-state index contributed by atoms with van der Waals surface area (Å²) in [5.74, 6) is 0.570. The Morgan fingerprint density at radius 2 is 2.00 bits per heavy atom. The van der Waals surface area contributed by atoms with E-state index in [4.69, 9.17) is 0 Å². The molecule has 0 saturated heterocycles. The minimum absolute atomic E-state index is 0.268. The van der Waals surface area contributed by atoms with Crippen LogP contribution >= 0.6 is 0 Å². The molecule has 2 heteroatoms. The predicted molar refractivity (Wildman–Crippen MR) is 63.0 cm³/mol. The highest BCUT2D eigenvalue weighted by atomic mass is 16.2. The highest BCUT2D eigenvalue weighted by molar-refractivity contribution is 5.80. The molecule has 0 aliphatic heterocycles. The van der Waals surface area contributed by atoms with Crippen molar-refractivity contribution in [3.05, 3.63) is 35.4 Å². The Balaban J connectivity index is 1.70. The van der Waals surface area contributed by atoms with Crippen LogP contribution in [0, 0.1) is 5.92 Å². The average Bonchev–Trinajstić information content (AvgIpc) is 2.59. The lowest BCUT2D eigenvalue weighted by Crippen LogP contribution is -2.36. The molecule has 0 bridgehead atoms. The standard InChI is InChI=1S/C14H17NO/c16-14(11-5-3-6-11)15-13-9-8-10-4-1-2-7-12(10)13/h1-2,4,7,11,13H,3,5-6,8-9H2,(H,15,16). The van der Waals surface area contributed by atoms with Gasteiger partial charge in [0.25, 0.3) is 0 Å². The minimum Gasteiger partial charge on any atom is -0.349 e. The fourth-order valence-corrected chi connectivity index (χ4v) is 2.67. The molecule has 2 aliphatic rings. The molecule has 1 N–H and O–H groups in total. The third-order valence-electron chi connectivity index (χ3n) is 3.93. The summed E-state index contributed by atoms with van der Waals surface area (Å²) < 4.78 is 0. The molecule has 0 aromatic heterocycles. The zero-order valence-corrected chi connectivity index (χ0v) is 9.41. The lowest BCUT2D eigenvalue weighted by atomic mass is 9.84. The van der Waals surface area contributed by atoms with Crippen molar-refractivity contribution >= 4 is 5.91 Å². The van der Waals surface area contributed by atoms with Gasteiger partial charge in [0.15, 0.2) is 0 Å². The van der Waals surface area contributed by atoms with Gasteiger partial charge in [0, 0.05) is 5.92 Å². The van der Waals surface area contributed by atoms with Crippen molar-refractivity contribution in [2.75, 3.05) is 0 Å². The number of aryl methyl sites for hydroxylation is 1. The van der Waals surface area contributed by atoms with Crippen LogP contribution in [0.15, 0.2) is 24.3 Å². The molecule has 1 fully saturated rings. The fourth-order valence-electron chi connectivity index (χ4n) is 2.67. The van der Waals surface area contributed by atoms with Crippen molar-refractivity contribution in [3.8, 4) is 0 Å². The lowest BCUT2D eigenvalue weighted by molar-refractivity contribution is -0.128. The molecule has 1 aromatic rings. The molecular weight excluding hydrogens is 198 g/mol. The first-order valence-electron chi connectivity index (χ1n) is 6.23. The zero-order chi connectivity index (χ0) is 11.0. The van der Waals surface area contributed by atoms with Crippen molar-refractivity contribution in [1.82, 2.24) is 5.32 Å². The number of benzene rings is 1. The third kappa shape index (κ3) is 1.62. The van der Waals surface area contributed by atoms with E-state index in [0.717, 1.165) is 25.7 Å². The van der Waals surface area contributed by atoms with Crippen LogP contribution in [0.4, 0.5) is 0 Å². The topological polar surface area (TPSA) is 29.1 Å². The van der Waals surface area contributed by atoms with Gasteiger partial charge in [-0.3, -0.25) is 4.79 Å². The van der Waals surface area contributed by atoms with Gasteiger partial charge in [-0.2, -0.15) is 0 Å². The van der Waals surface area contributed by atoms with Gasteiger partial charge in [0.05, 0.1) is 6.04 Å². The number of amides is 1. The van der Waals surface area contributed by atoms with Gasteiger partial charge in [0.2, 0.25) is 5.91 Å². The highest BCUT2D eigenvalue weighted by Crippen LogP contribution is 2.32. The molecule has 16 heavy (non-hydrogen) atoms. The van der Waals surface area contributed by atoms with Gasteiger partial charge in [0.1, 0.15) is 0 Å². The van der Waals surface area contributed by atoms with E-state index in [9.17, 15) is 4.79 Å². The van der Waals surface area contributed by atoms with Crippen LogP contribution in [-0.4, -0.2) is 5.91 Å². The number of hydrogen-bond donors (Lipinski definition) is 1. The Kier molecular flexibility index (Phi) is 2.43. The molecule has 2 nitrogen and oxygen atoms in total. The Labute approximate surface area is 96.1 Å². The van der Waals surface area contributed by atoms with E-state index in [1.807, 2.05) is 0 Å². The van der Waals surface area contributed by atoms with Crippen LogP contribution in [0.25, 0.3) is 0 Å². The van der Waals surface area contributed by atoms with Gasteiger partial charge < -0.3 is 5.32 Å². The number of rotatable bonds is 2. The number of hydrogen-bond acceptors (Lipinski definition) is 1. The molecule has 1 unspecified atom stereocenters. The molecule has 84 valence electrons. The SMILES string of the molecule is O=C(NC1CCc2ccccc21)C1CCC1. The predicted octanol–water partition coefficient (Wildman–Crippen LogP) is 2.59. The molecule has 1 atom stereocenters. The monoisotopic (exact) mass is 215 g/mol. The highest BCUT2D eigenvalue weighted by Gasteiger charge is 2.29. The largest absolute Gasteiger partial charge is 0.349 e. The maximum Gasteiger partial charge on any atom is 0.223 e. The van der Waals surface area contributed by atoms with E-state index in [1.54, 1.807) is 0 Å². The summed E-state index contributed by atoms with van der Waals surface area (Å²) in [5, 5.41) is 3.20. The summed E-state index contributed by atoms with van der Waals surface area (Å²) in [6, 6.07) is 8.73. The minimum atomic E-state index is 0.268. The second-order valence-electron chi connectivity index (χ2n) is 4.93. The van der Waals surface area contributed by atoms with Crippen LogP contribution in [0.1, 0.15) is 42.9 Å². The molecule has 3 rings (SSSR count). The Morgan fingerprint density at radius 1 is 1.19 bits per heavy atom. The Hall–Kier alpha value is -1.31. The summed E-state index contributed by atoms with van der Waals surface area (Å²) in [7, 11) is 0. The van der Waals surface area contributed by atoms with Crippen molar-refractivity contribution in [2.45, 2.75) is 38.1 Å². The van der Waals surface area contributed by atoms with E-state index in [2.05, 4.69) is 29.6 Å². The molecular formula is C14H17NO. The maximum atomic E-state index is 11.9. The van der Waals surface area contributed by atoms with Gasteiger partial charge in [-0.05, 0) is 36.8 Å². The number of carbonyl (C=O) groups is 1. The fraction of sp³-hybridized carbons (Fsp3) is 0.500.